The number of hydrogen-bond donors (Lipinski definition) is 1. The highest BCUT2D eigenvalue weighted by molar-refractivity contribution is 7.99. The van der Waals surface area contributed by atoms with Crippen molar-refractivity contribution in [2.24, 2.45) is 5.41 Å². The van der Waals surface area contributed by atoms with E-state index in [2.05, 4.69) is 44.9 Å². The zero-order valence-electron chi connectivity index (χ0n) is 16.8. The lowest BCUT2D eigenvalue weighted by Gasteiger charge is -2.33. The third kappa shape index (κ3) is 5.12. The Morgan fingerprint density at radius 1 is 1.22 bits per heavy atom. The number of carbonyl (C=O) groups is 1. The lowest BCUT2D eigenvalue weighted by atomic mass is 9.82. The molecule has 2 aromatic rings. The van der Waals surface area contributed by atoms with E-state index in [-0.39, 0.29) is 34.2 Å². The van der Waals surface area contributed by atoms with Crippen LogP contribution in [0.2, 0.25) is 0 Å². The monoisotopic (exact) mass is 387 g/mol. The van der Waals surface area contributed by atoms with Crippen LogP contribution < -0.4 is 10.9 Å². The number of nitrogens with one attached hydrogen (secondary N) is 1. The first-order valence-electron chi connectivity index (χ1n) is 9.51. The molecule has 27 heavy (non-hydrogen) atoms. The van der Waals surface area contributed by atoms with Gasteiger partial charge in [0, 0.05) is 11.6 Å². The van der Waals surface area contributed by atoms with E-state index in [1.807, 2.05) is 24.3 Å². The Morgan fingerprint density at radius 3 is 2.52 bits per heavy atom. The minimum absolute atomic E-state index is 0.000861. The van der Waals surface area contributed by atoms with E-state index in [9.17, 15) is 9.59 Å². The van der Waals surface area contributed by atoms with Gasteiger partial charge in [-0.2, -0.15) is 0 Å². The Balaban J connectivity index is 1.76. The fourth-order valence-corrected chi connectivity index (χ4v) is 4.66. The molecule has 6 heteroatoms. The van der Waals surface area contributed by atoms with Crippen molar-refractivity contribution in [3.05, 3.63) is 34.6 Å². The predicted molar refractivity (Wildman–Crippen MR) is 111 cm³/mol. The summed E-state index contributed by atoms with van der Waals surface area (Å²) in [5.74, 6) is 0.226. The lowest BCUT2D eigenvalue weighted by Crippen LogP contribution is -2.46. The zero-order chi connectivity index (χ0) is 19.8. The van der Waals surface area contributed by atoms with Crippen molar-refractivity contribution in [2.75, 3.05) is 5.75 Å². The van der Waals surface area contributed by atoms with Crippen LogP contribution >= 0.6 is 11.8 Å². The average molecular weight is 388 g/mol. The first-order chi connectivity index (χ1) is 12.6. The third-order valence-electron chi connectivity index (χ3n) is 4.47. The summed E-state index contributed by atoms with van der Waals surface area (Å²) in [4.78, 5) is 30.1. The van der Waals surface area contributed by atoms with Gasteiger partial charge in [-0.3, -0.25) is 14.2 Å². The molecule has 1 fully saturated rings. The van der Waals surface area contributed by atoms with Crippen LogP contribution in [0.25, 0.3) is 10.9 Å². The summed E-state index contributed by atoms with van der Waals surface area (Å²) in [5.41, 5.74) is 0.550. The van der Waals surface area contributed by atoms with Gasteiger partial charge in [-0.25, -0.2) is 4.98 Å². The molecule has 0 spiro atoms. The minimum atomic E-state index is -0.275. The molecular formula is C21H29N3O2S. The maximum atomic E-state index is 12.9. The molecule has 1 heterocycles. The molecule has 1 aliphatic rings. The second kappa shape index (κ2) is 7.30. The van der Waals surface area contributed by atoms with E-state index < -0.39 is 0 Å². The van der Waals surface area contributed by atoms with Crippen molar-refractivity contribution < 1.29 is 4.79 Å². The molecule has 1 aromatic heterocycles. The number of amides is 1. The summed E-state index contributed by atoms with van der Waals surface area (Å²) >= 11 is 1.35. The summed E-state index contributed by atoms with van der Waals surface area (Å²) in [6, 6.07) is 7.63. The number of hydrogen-bond acceptors (Lipinski definition) is 4. The quantitative estimate of drug-likeness (QED) is 0.597. The number of thioether (sulfide) groups is 1. The Hall–Kier alpha value is -1.82. The van der Waals surface area contributed by atoms with E-state index in [1.165, 1.54) is 11.8 Å². The fraction of sp³-hybridized carbons (Fsp3) is 0.571. The fourth-order valence-electron chi connectivity index (χ4n) is 3.80. The first-order valence-corrected chi connectivity index (χ1v) is 10.5. The highest BCUT2D eigenvalue weighted by Crippen LogP contribution is 2.36. The molecule has 0 aliphatic heterocycles. The van der Waals surface area contributed by atoms with Gasteiger partial charge in [-0.15, -0.1) is 0 Å². The molecule has 146 valence electrons. The van der Waals surface area contributed by atoms with Gasteiger partial charge in [0.25, 0.3) is 5.56 Å². The summed E-state index contributed by atoms with van der Waals surface area (Å²) in [6.07, 6.45) is 2.88. The van der Waals surface area contributed by atoms with E-state index in [0.29, 0.717) is 16.1 Å². The zero-order valence-corrected chi connectivity index (χ0v) is 17.7. The van der Waals surface area contributed by atoms with Gasteiger partial charge in [-0.1, -0.05) is 44.7 Å². The number of carbonyl (C=O) groups excluding carboxylic acids is 1. The highest BCUT2D eigenvalue weighted by Gasteiger charge is 2.30. The second-order valence-electron chi connectivity index (χ2n) is 9.28. The van der Waals surface area contributed by atoms with Gasteiger partial charge < -0.3 is 5.32 Å². The number of benzene rings is 1. The Kier molecular flexibility index (Phi) is 5.39. The number of para-hydroxylation sites is 1. The molecule has 0 unspecified atom stereocenters. The Labute approximate surface area is 164 Å². The van der Waals surface area contributed by atoms with Crippen LogP contribution in [0.3, 0.4) is 0 Å². The summed E-state index contributed by atoms with van der Waals surface area (Å²) in [7, 11) is 0. The van der Waals surface area contributed by atoms with Gasteiger partial charge >= 0.3 is 0 Å². The van der Waals surface area contributed by atoms with Crippen LogP contribution in [0.1, 0.15) is 59.9 Å². The minimum Gasteiger partial charge on any atom is -0.350 e. The molecule has 1 aromatic carbocycles. The molecule has 5 nitrogen and oxygen atoms in total. The smallest absolute Gasteiger partial charge is 0.262 e. The SMILES string of the molecule is CC(C)(C)CC(C)(C)NC(=O)CSc1nc2ccccc2c(=O)n1C1CC1. The van der Waals surface area contributed by atoms with Crippen LogP contribution in [0, 0.1) is 5.41 Å². The van der Waals surface area contributed by atoms with Gasteiger partial charge in [0.2, 0.25) is 5.91 Å². The van der Waals surface area contributed by atoms with Gasteiger partial charge in [0.15, 0.2) is 5.16 Å². The third-order valence-corrected chi connectivity index (χ3v) is 5.42. The van der Waals surface area contributed by atoms with E-state index in [4.69, 9.17) is 0 Å². The van der Waals surface area contributed by atoms with Gasteiger partial charge in [0.1, 0.15) is 0 Å². The Bertz CT molecular complexity index is 908. The first kappa shape index (κ1) is 19.9. The molecule has 0 atom stereocenters. The van der Waals surface area contributed by atoms with E-state index in [1.54, 1.807) is 4.57 Å². The maximum Gasteiger partial charge on any atom is 0.262 e. The molecule has 3 rings (SSSR count). The normalized spacial score (nSPS) is 15.1. The molecular weight excluding hydrogens is 358 g/mol. The lowest BCUT2D eigenvalue weighted by molar-refractivity contribution is -0.120. The largest absolute Gasteiger partial charge is 0.350 e. The van der Waals surface area contributed by atoms with Crippen LogP contribution in [0.4, 0.5) is 0 Å². The molecule has 0 saturated heterocycles. The van der Waals surface area contributed by atoms with Crippen LogP contribution in [0.15, 0.2) is 34.2 Å². The van der Waals surface area contributed by atoms with Crippen molar-refractivity contribution in [2.45, 2.75) is 70.6 Å². The molecule has 1 aliphatic carbocycles. The van der Waals surface area contributed by atoms with Gasteiger partial charge in [0.05, 0.1) is 16.7 Å². The van der Waals surface area contributed by atoms with Crippen LogP contribution in [0.5, 0.6) is 0 Å². The summed E-state index contributed by atoms with van der Waals surface area (Å²) in [5, 5.41) is 4.41. The number of nitrogens with zero attached hydrogens (tertiary/aromatic N) is 2. The molecule has 1 saturated carbocycles. The van der Waals surface area contributed by atoms with Crippen molar-refractivity contribution in [1.29, 1.82) is 0 Å². The maximum absolute atomic E-state index is 12.9. The van der Waals surface area contributed by atoms with E-state index >= 15 is 0 Å². The second-order valence-corrected chi connectivity index (χ2v) is 10.2. The molecule has 0 radical (unpaired) electrons. The number of rotatable bonds is 6. The average Bonchev–Trinajstić information content (AvgIpc) is 3.35. The molecule has 0 bridgehead atoms. The standard InChI is InChI=1S/C21H29N3O2S/c1-20(2,3)13-21(4,5)23-17(25)12-27-19-22-16-9-7-6-8-15(16)18(26)24(19)14-10-11-14/h6-9,14H,10-13H2,1-5H3,(H,23,25). The topological polar surface area (TPSA) is 64.0 Å². The van der Waals surface area contributed by atoms with Gasteiger partial charge in [-0.05, 0) is 50.7 Å². The van der Waals surface area contributed by atoms with Crippen molar-refractivity contribution in [3.8, 4) is 0 Å². The molecule has 1 amide bonds. The molecule has 1 N–H and O–H groups in total. The van der Waals surface area contributed by atoms with Crippen molar-refractivity contribution in [1.82, 2.24) is 14.9 Å². The van der Waals surface area contributed by atoms with E-state index in [0.717, 1.165) is 19.3 Å². The number of aromatic nitrogens is 2. The Morgan fingerprint density at radius 2 is 1.89 bits per heavy atom. The van der Waals surface area contributed by atoms with Crippen molar-refractivity contribution in [3.63, 3.8) is 0 Å². The van der Waals surface area contributed by atoms with Crippen LogP contribution in [-0.2, 0) is 4.79 Å². The summed E-state index contributed by atoms with van der Waals surface area (Å²) < 4.78 is 1.78. The predicted octanol–water partition coefficient (Wildman–Crippen LogP) is 4.15. The van der Waals surface area contributed by atoms with Crippen LogP contribution in [-0.4, -0.2) is 26.8 Å². The number of fused-ring (bicyclic) bond motifs is 1. The highest BCUT2D eigenvalue weighted by atomic mass is 32.2. The van der Waals surface area contributed by atoms with Crippen molar-refractivity contribution >= 4 is 28.6 Å². The summed E-state index contributed by atoms with van der Waals surface area (Å²) in [6.45, 7) is 10.6.